The smallest absolute Gasteiger partial charge is 0.300 e. The minimum atomic E-state index is -0.795. The van der Waals surface area contributed by atoms with Gasteiger partial charge in [-0.15, -0.1) is 0 Å². The number of fused-ring (bicyclic) bond motifs is 1. The van der Waals surface area contributed by atoms with E-state index in [1.807, 2.05) is 61.5 Å². The predicted molar refractivity (Wildman–Crippen MR) is 141 cm³/mol. The number of ketones is 1. The van der Waals surface area contributed by atoms with Gasteiger partial charge in [-0.1, -0.05) is 62.4 Å². The Hall–Kier alpha value is -4.32. The van der Waals surface area contributed by atoms with Gasteiger partial charge in [-0.2, -0.15) is 0 Å². The van der Waals surface area contributed by atoms with Crippen LogP contribution in [0.2, 0.25) is 0 Å². The van der Waals surface area contributed by atoms with Gasteiger partial charge in [-0.05, 0) is 42.2 Å². The number of hydrogen-bond acceptors (Lipinski definition) is 4. The van der Waals surface area contributed by atoms with E-state index in [0.717, 1.165) is 22.0 Å². The highest BCUT2D eigenvalue weighted by Crippen LogP contribution is 2.43. The molecule has 0 spiro atoms. The zero-order valence-corrected chi connectivity index (χ0v) is 20.5. The molecule has 6 nitrogen and oxygen atoms in total. The summed E-state index contributed by atoms with van der Waals surface area (Å²) in [6, 6.07) is 21.7. The molecule has 4 aromatic rings. The van der Waals surface area contributed by atoms with Crippen LogP contribution in [0.4, 0.5) is 5.69 Å². The topological polar surface area (TPSA) is 82.6 Å². The van der Waals surface area contributed by atoms with Crippen LogP contribution < -0.4 is 9.64 Å². The summed E-state index contributed by atoms with van der Waals surface area (Å²) in [6.07, 6.45) is 1.67. The first-order chi connectivity index (χ1) is 17.4. The molecular weight excluding hydrogens is 452 g/mol. The van der Waals surface area contributed by atoms with E-state index in [2.05, 4.69) is 18.8 Å². The molecule has 6 heteroatoms. The van der Waals surface area contributed by atoms with Gasteiger partial charge in [0.15, 0.2) is 0 Å². The van der Waals surface area contributed by atoms with Crippen molar-refractivity contribution in [2.45, 2.75) is 32.7 Å². The van der Waals surface area contributed by atoms with Crippen LogP contribution in [0.25, 0.3) is 16.7 Å². The molecule has 1 aromatic heterocycles. The SMILES string of the molecule is CCOc1cccc(N2C(=O)C(=O)/C(=C(\O)c3c[nH]c4ccccc34)C2c2ccc(C(C)C)cc2)c1. The molecule has 1 aliphatic heterocycles. The summed E-state index contributed by atoms with van der Waals surface area (Å²) >= 11 is 0. The molecule has 36 heavy (non-hydrogen) atoms. The van der Waals surface area contributed by atoms with E-state index in [9.17, 15) is 14.7 Å². The normalized spacial score (nSPS) is 17.3. The summed E-state index contributed by atoms with van der Waals surface area (Å²) in [6.45, 7) is 6.58. The molecular formula is C30H28N2O4. The second kappa shape index (κ2) is 9.38. The molecule has 1 saturated heterocycles. The standard InChI is InChI=1S/C30H28N2O4/c1-4-36-22-9-7-8-21(16-22)32-27(20-14-12-19(13-15-20)18(2)3)26(29(34)30(32)35)28(33)24-17-31-25-11-6-5-10-23(24)25/h5-18,27,31,33H,4H2,1-3H3/b28-26-. The number of hydrogen-bond donors (Lipinski definition) is 2. The molecule has 0 radical (unpaired) electrons. The number of Topliss-reactive ketones (excluding diaryl/α,β-unsaturated/α-hetero) is 1. The number of rotatable bonds is 6. The Morgan fingerprint density at radius 3 is 2.50 bits per heavy atom. The molecule has 3 aromatic carbocycles. The lowest BCUT2D eigenvalue weighted by atomic mass is 9.93. The van der Waals surface area contributed by atoms with E-state index in [-0.39, 0.29) is 11.3 Å². The van der Waals surface area contributed by atoms with Crippen LogP contribution >= 0.6 is 0 Å². The molecule has 1 amide bonds. The van der Waals surface area contributed by atoms with Crippen LogP contribution in [0.15, 0.2) is 84.6 Å². The molecule has 2 heterocycles. The summed E-state index contributed by atoms with van der Waals surface area (Å²) in [5, 5.41) is 12.3. The van der Waals surface area contributed by atoms with Crippen molar-refractivity contribution in [1.82, 2.24) is 4.98 Å². The van der Waals surface area contributed by atoms with E-state index < -0.39 is 17.7 Å². The van der Waals surface area contributed by atoms with Crippen LogP contribution in [0.5, 0.6) is 5.75 Å². The monoisotopic (exact) mass is 480 g/mol. The van der Waals surface area contributed by atoms with Gasteiger partial charge in [0, 0.05) is 34.4 Å². The maximum absolute atomic E-state index is 13.5. The number of carbonyl (C=O) groups is 2. The zero-order valence-electron chi connectivity index (χ0n) is 20.5. The largest absolute Gasteiger partial charge is 0.507 e. The lowest BCUT2D eigenvalue weighted by Gasteiger charge is -2.26. The number of benzene rings is 3. The number of nitrogens with one attached hydrogen (secondary N) is 1. The summed E-state index contributed by atoms with van der Waals surface area (Å²) in [4.78, 5) is 31.5. The molecule has 2 N–H and O–H groups in total. The molecule has 0 aliphatic carbocycles. The second-order valence-corrected chi connectivity index (χ2v) is 9.17. The van der Waals surface area contributed by atoms with Gasteiger partial charge in [0.1, 0.15) is 11.5 Å². The van der Waals surface area contributed by atoms with Gasteiger partial charge in [0.05, 0.1) is 18.2 Å². The zero-order chi connectivity index (χ0) is 25.4. The van der Waals surface area contributed by atoms with Gasteiger partial charge < -0.3 is 14.8 Å². The number of aromatic amines is 1. The first-order valence-electron chi connectivity index (χ1n) is 12.1. The fourth-order valence-electron chi connectivity index (χ4n) is 4.78. The van der Waals surface area contributed by atoms with Crippen LogP contribution in [0.1, 0.15) is 49.4 Å². The maximum atomic E-state index is 13.5. The number of aliphatic hydroxyl groups is 1. The maximum Gasteiger partial charge on any atom is 0.300 e. The summed E-state index contributed by atoms with van der Waals surface area (Å²) in [7, 11) is 0. The Labute approximate surface area is 209 Å². The number of ether oxygens (including phenoxy) is 1. The number of aromatic nitrogens is 1. The highest BCUT2D eigenvalue weighted by molar-refractivity contribution is 6.51. The lowest BCUT2D eigenvalue weighted by Crippen LogP contribution is -2.29. The predicted octanol–water partition coefficient (Wildman–Crippen LogP) is 6.32. The molecule has 1 unspecified atom stereocenters. The summed E-state index contributed by atoms with van der Waals surface area (Å²) < 4.78 is 5.64. The Morgan fingerprint density at radius 1 is 1.03 bits per heavy atom. The molecule has 0 bridgehead atoms. The van der Waals surface area contributed by atoms with Gasteiger partial charge in [0.25, 0.3) is 11.7 Å². The van der Waals surface area contributed by atoms with Crippen molar-refractivity contribution < 1.29 is 19.4 Å². The molecule has 0 saturated carbocycles. The van der Waals surface area contributed by atoms with Crippen molar-refractivity contribution in [2.75, 3.05) is 11.5 Å². The van der Waals surface area contributed by atoms with Gasteiger partial charge in [0.2, 0.25) is 0 Å². The minimum absolute atomic E-state index is 0.0591. The second-order valence-electron chi connectivity index (χ2n) is 9.17. The number of carbonyl (C=O) groups excluding carboxylic acids is 2. The summed E-state index contributed by atoms with van der Waals surface area (Å²) in [5.41, 5.74) is 3.78. The van der Waals surface area contributed by atoms with Crippen LogP contribution in [0, 0.1) is 0 Å². The lowest BCUT2D eigenvalue weighted by molar-refractivity contribution is -0.132. The van der Waals surface area contributed by atoms with Crippen LogP contribution in [-0.2, 0) is 9.59 Å². The number of nitrogens with zero attached hydrogens (tertiary/aromatic N) is 1. The molecule has 182 valence electrons. The van der Waals surface area contributed by atoms with Crippen molar-refractivity contribution in [3.05, 3.63) is 101 Å². The average Bonchev–Trinajstić information content (AvgIpc) is 3.43. The van der Waals surface area contributed by atoms with Crippen molar-refractivity contribution in [3.8, 4) is 5.75 Å². The third kappa shape index (κ3) is 3.94. The van der Waals surface area contributed by atoms with Crippen molar-refractivity contribution in [1.29, 1.82) is 0 Å². The minimum Gasteiger partial charge on any atom is -0.507 e. The molecule has 1 aliphatic rings. The van der Waals surface area contributed by atoms with Crippen molar-refractivity contribution in [2.24, 2.45) is 0 Å². The Morgan fingerprint density at radius 2 is 1.78 bits per heavy atom. The number of H-pyrrole nitrogens is 1. The molecule has 1 atom stereocenters. The Balaban J connectivity index is 1.72. The average molecular weight is 481 g/mol. The number of para-hydroxylation sites is 1. The highest BCUT2D eigenvalue weighted by Gasteiger charge is 2.47. The highest BCUT2D eigenvalue weighted by atomic mass is 16.5. The summed E-state index contributed by atoms with van der Waals surface area (Å²) in [5.74, 6) is -0.686. The third-order valence-corrected chi connectivity index (χ3v) is 6.61. The van der Waals surface area contributed by atoms with Crippen LogP contribution in [-0.4, -0.2) is 28.4 Å². The van der Waals surface area contributed by atoms with Crippen LogP contribution in [0.3, 0.4) is 0 Å². The van der Waals surface area contributed by atoms with E-state index >= 15 is 0 Å². The fourth-order valence-corrected chi connectivity index (χ4v) is 4.78. The Bertz CT molecular complexity index is 1480. The van der Waals surface area contributed by atoms with Gasteiger partial charge in [-0.25, -0.2) is 0 Å². The number of amides is 1. The Kier molecular flexibility index (Phi) is 6.10. The van der Waals surface area contributed by atoms with Crippen molar-refractivity contribution in [3.63, 3.8) is 0 Å². The first-order valence-corrected chi connectivity index (χ1v) is 12.1. The third-order valence-electron chi connectivity index (χ3n) is 6.61. The van der Waals surface area contributed by atoms with Crippen molar-refractivity contribution >= 4 is 34.0 Å². The van der Waals surface area contributed by atoms with E-state index in [4.69, 9.17) is 4.74 Å². The molecule has 1 fully saturated rings. The fraction of sp³-hybridized carbons (Fsp3) is 0.200. The first kappa shape index (κ1) is 23.4. The number of anilines is 1. The quantitative estimate of drug-likeness (QED) is 0.192. The van der Waals surface area contributed by atoms with E-state index in [1.165, 1.54) is 4.90 Å². The molecule has 5 rings (SSSR count). The van der Waals surface area contributed by atoms with Gasteiger partial charge >= 0.3 is 0 Å². The van der Waals surface area contributed by atoms with Gasteiger partial charge in [-0.3, -0.25) is 14.5 Å². The van der Waals surface area contributed by atoms with E-state index in [1.54, 1.807) is 24.4 Å². The van der Waals surface area contributed by atoms with E-state index in [0.29, 0.717) is 29.5 Å². The number of aliphatic hydroxyl groups excluding tert-OH is 1.